The van der Waals surface area contributed by atoms with E-state index in [9.17, 15) is 0 Å². The molecule has 0 aliphatic carbocycles. The predicted molar refractivity (Wildman–Crippen MR) is 73.6 cm³/mol. The quantitative estimate of drug-likeness (QED) is 0.871. The number of benzene rings is 1. The number of rotatable bonds is 3. The first-order valence-corrected chi connectivity index (χ1v) is 6.60. The highest BCUT2D eigenvalue weighted by Gasteiger charge is 2.36. The van der Waals surface area contributed by atoms with E-state index in [1.807, 2.05) is 6.20 Å². The number of nitrogens with one attached hydrogen (secondary N) is 2. The van der Waals surface area contributed by atoms with Crippen LogP contribution in [0, 0.1) is 0 Å². The molecule has 18 heavy (non-hydrogen) atoms. The second-order valence-electron chi connectivity index (χ2n) is 5.43. The molecule has 96 valence electrons. The summed E-state index contributed by atoms with van der Waals surface area (Å²) in [6, 6.07) is 8.67. The molecule has 0 saturated carbocycles. The Morgan fingerprint density at radius 1 is 1.44 bits per heavy atom. The molecule has 1 aliphatic rings. The van der Waals surface area contributed by atoms with Crippen molar-refractivity contribution in [2.45, 2.75) is 38.5 Å². The molecule has 0 spiro atoms. The number of fused-ring (bicyclic) bond motifs is 1. The lowest BCUT2D eigenvalue weighted by Gasteiger charge is -2.29. The molecule has 1 aromatic heterocycles. The van der Waals surface area contributed by atoms with Gasteiger partial charge in [-0.25, -0.2) is 0 Å². The second-order valence-corrected chi connectivity index (χ2v) is 5.43. The molecule has 0 amide bonds. The highest BCUT2D eigenvalue weighted by Crippen LogP contribution is 2.25. The lowest BCUT2D eigenvalue weighted by Crippen LogP contribution is -2.47. The molecule has 1 aliphatic heterocycles. The Labute approximate surface area is 108 Å². The summed E-state index contributed by atoms with van der Waals surface area (Å²) in [5, 5.41) is 4.91. The van der Waals surface area contributed by atoms with E-state index in [0.717, 1.165) is 19.6 Å². The molecular weight excluding hydrogens is 224 g/mol. The number of aromatic nitrogens is 1. The van der Waals surface area contributed by atoms with Crippen molar-refractivity contribution in [3.05, 3.63) is 36.0 Å². The molecule has 1 saturated heterocycles. The zero-order chi connectivity index (χ0) is 12.6. The van der Waals surface area contributed by atoms with E-state index >= 15 is 0 Å². The number of ether oxygens (including phenoxy) is 1. The van der Waals surface area contributed by atoms with Crippen LogP contribution in [0.5, 0.6) is 0 Å². The molecule has 0 bridgehead atoms. The fraction of sp³-hybridized carbons (Fsp3) is 0.467. The topological polar surface area (TPSA) is 37.0 Å². The molecule has 2 N–H and O–H groups in total. The van der Waals surface area contributed by atoms with E-state index in [-0.39, 0.29) is 11.6 Å². The first-order valence-electron chi connectivity index (χ1n) is 6.60. The third-order valence-electron chi connectivity index (χ3n) is 4.20. The number of hydrogen-bond donors (Lipinski definition) is 2. The standard InChI is InChI=1S/C15H20N2O/c1-11-15(2,6-8-18-11)17-10-12-3-4-13-5-7-16-14(13)9-12/h3-5,7,9,11,16-17H,6,8,10H2,1-2H3. The SMILES string of the molecule is CC1OCCC1(C)NCc1ccc2cc[nH]c2c1. The van der Waals surface area contributed by atoms with Crippen LogP contribution in [0.3, 0.4) is 0 Å². The van der Waals surface area contributed by atoms with Crippen LogP contribution in [-0.2, 0) is 11.3 Å². The van der Waals surface area contributed by atoms with Gasteiger partial charge in [-0.3, -0.25) is 0 Å². The van der Waals surface area contributed by atoms with Crippen molar-refractivity contribution >= 4 is 10.9 Å². The van der Waals surface area contributed by atoms with Crippen molar-refractivity contribution in [1.29, 1.82) is 0 Å². The lowest BCUT2D eigenvalue weighted by atomic mass is 9.94. The maximum atomic E-state index is 5.65. The zero-order valence-electron chi connectivity index (χ0n) is 11.0. The van der Waals surface area contributed by atoms with Crippen LogP contribution in [-0.4, -0.2) is 23.2 Å². The molecule has 1 fully saturated rings. The van der Waals surface area contributed by atoms with E-state index in [0.29, 0.717) is 0 Å². The van der Waals surface area contributed by atoms with Crippen molar-refractivity contribution in [1.82, 2.24) is 10.3 Å². The summed E-state index contributed by atoms with van der Waals surface area (Å²) in [5.74, 6) is 0. The van der Waals surface area contributed by atoms with Gasteiger partial charge in [-0.2, -0.15) is 0 Å². The van der Waals surface area contributed by atoms with Gasteiger partial charge in [-0.15, -0.1) is 0 Å². The van der Waals surface area contributed by atoms with E-state index < -0.39 is 0 Å². The summed E-state index contributed by atoms with van der Waals surface area (Å²) in [6.07, 6.45) is 3.35. The highest BCUT2D eigenvalue weighted by molar-refractivity contribution is 5.79. The van der Waals surface area contributed by atoms with Crippen LogP contribution in [0.15, 0.2) is 30.5 Å². The van der Waals surface area contributed by atoms with Crippen molar-refractivity contribution in [3.63, 3.8) is 0 Å². The second kappa shape index (κ2) is 4.41. The van der Waals surface area contributed by atoms with Crippen LogP contribution in [0.4, 0.5) is 0 Å². The molecule has 3 heteroatoms. The van der Waals surface area contributed by atoms with Gasteiger partial charge >= 0.3 is 0 Å². The van der Waals surface area contributed by atoms with Gasteiger partial charge in [0.2, 0.25) is 0 Å². The fourth-order valence-electron chi connectivity index (χ4n) is 2.58. The Morgan fingerprint density at radius 2 is 2.33 bits per heavy atom. The first-order chi connectivity index (χ1) is 8.67. The lowest BCUT2D eigenvalue weighted by molar-refractivity contribution is 0.0881. The first kappa shape index (κ1) is 11.8. The van der Waals surface area contributed by atoms with E-state index in [1.54, 1.807) is 0 Å². The maximum Gasteiger partial charge on any atom is 0.0726 e. The average Bonchev–Trinajstić information content (AvgIpc) is 2.95. The Bertz CT molecular complexity index is 548. The highest BCUT2D eigenvalue weighted by atomic mass is 16.5. The molecule has 1 aromatic carbocycles. The summed E-state index contributed by atoms with van der Waals surface area (Å²) < 4.78 is 5.65. The Morgan fingerprint density at radius 3 is 3.11 bits per heavy atom. The van der Waals surface area contributed by atoms with E-state index in [1.165, 1.54) is 16.5 Å². The summed E-state index contributed by atoms with van der Waals surface area (Å²) >= 11 is 0. The minimum atomic E-state index is 0.102. The fourth-order valence-corrected chi connectivity index (χ4v) is 2.58. The van der Waals surface area contributed by atoms with Gasteiger partial charge in [0.15, 0.2) is 0 Å². The maximum absolute atomic E-state index is 5.65. The van der Waals surface area contributed by atoms with Gasteiger partial charge < -0.3 is 15.0 Å². The number of hydrogen-bond acceptors (Lipinski definition) is 2. The minimum Gasteiger partial charge on any atom is -0.377 e. The normalized spacial score (nSPS) is 28.0. The average molecular weight is 244 g/mol. The van der Waals surface area contributed by atoms with Crippen LogP contribution in [0.25, 0.3) is 10.9 Å². The molecular formula is C15H20N2O. The predicted octanol–water partition coefficient (Wildman–Crippen LogP) is 2.83. The molecule has 2 unspecified atom stereocenters. The van der Waals surface area contributed by atoms with Crippen molar-refractivity contribution < 1.29 is 4.74 Å². The largest absolute Gasteiger partial charge is 0.377 e. The van der Waals surface area contributed by atoms with Crippen LogP contribution < -0.4 is 5.32 Å². The van der Waals surface area contributed by atoms with Gasteiger partial charge in [-0.1, -0.05) is 12.1 Å². The number of aromatic amines is 1. The minimum absolute atomic E-state index is 0.102. The van der Waals surface area contributed by atoms with Crippen LogP contribution in [0.1, 0.15) is 25.8 Å². The van der Waals surface area contributed by atoms with Gasteiger partial charge in [0.1, 0.15) is 0 Å². The molecule has 2 atom stereocenters. The monoisotopic (exact) mass is 244 g/mol. The van der Waals surface area contributed by atoms with Crippen molar-refractivity contribution in [2.24, 2.45) is 0 Å². The third kappa shape index (κ3) is 2.04. The Balaban J connectivity index is 1.72. The van der Waals surface area contributed by atoms with Crippen LogP contribution >= 0.6 is 0 Å². The zero-order valence-corrected chi connectivity index (χ0v) is 11.0. The molecule has 2 heterocycles. The Hall–Kier alpha value is -1.32. The summed E-state index contributed by atoms with van der Waals surface area (Å²) in [7, 11) is 0. The van der Waals surface area contributed by atoms with Crippen molar-refractivity contribution in [3.8, 4) is 0 Å². The van der Waals surface area contributed by atoms with Gasteiger partial charge in [0.25, 0.3) is 0 Å². The smallest absolute Gasteiger partial charge is 0.0726 e. The number of H-pyrrole nitrogens is 1. The van der Waals surface area contributed by atoms with E-state index in [2.05, 4.69) is 48.4 Å². The summed E-state index contributed by atoms with van der Waals surface area (Å²) in [4.78, 5) is 3.25. The molecule has 3 nitrogen and oxygen atoms in total. The van der Waals surface area contributed by atoms with Gasteiger partial charge in [0.05, 0.1) is 6.10 Å². The van der Waals surface area contributed by atoms with Gasteiger partial charge in [-0.05, 0) is 43.4 Å². The molecule has 2 aromatic rings. The van der Waals surface area contributed by atoms with Gasteiger partial charge in [0, 0.05) is 30.4 Å². The third-order valence-corrected chi connectivity index (χ3v) is 4.20. The van der Waals surface area contributed by atoms with Crippen LogP contribution in [0.2, 0.25) is 0 Å². The Kier molecular flexibility index (Phi) is 2.88. The summed E-state index contributed by atoms with van der Waals surface area (Å²) in [6.45, 7) is 6.14. The molecule has 3 rings (SSSR count). The van der Waals surface area contributed by atoms with E-state index in [4.69, 9.17) is 4.74 Å². The van der Waals surface area contributed by atoms with Crippen molar-refractivity contribution in [2.75, 3.05) is 6.61 Å². The molecule has 0 radical (unpaired) electrons. The summed E-state index contributed by atoms with van der Waals surface area (Å²) in [5.41, 5.74) is 2.62.